The molecule has 5 heteroatoms. The highest BCUT2D eigenvalue weighted by molar-refractivity contribution is 6.12. The summed E-state index contributed by atoms with van der Waals surface area (Å²) in [6, 6.07) is 5.85. The van der Waals surface area contributed by atoms with Crippen molar-refractivity contribution in [1.82, 2.24) is 5.59 Å². The first-order valence-corrected chi connectivity index (χ1v) is 4.36. The van der Waals surface area contributed by atoms with Crippen molar-refractivity contribution in [3.63, 3.8) is 0 Å². The third-order valence-electron chi connectivity index (χ3n) is 2.00. The zero-order chi connectivity index (χ0) is 10.7. The van der Waals surface area contributed by atoms with Crippen LogP contribution in [0.5, 0.6) is 0 Å². The van der Waals surface area contributed by atoms with Crippen molar-refractivity contribution in [3.8, 4) is 0 Å². The predicted octanol–water partition coefficient (Wildman–Crippen LogP) is 0.941. The number of nitrogens with zero attached hydrogens (tertiary/aromatic N) is 1. The molecule has 0 amide bonds. The molecule has 0 fully saturated rings. The van der Waals surface area contributed by atoms with E-state index in [0.717, 1.165) is 0 Å². The molecule has 1 aliphatic rings. The van der Waals surface area contributed by atoms with Gasteiger partial charge in [0.05, 0.1) is 6.61 Å². The molecule has 0 aliphatic carbocycles. The van der Waals surface area contributed by atoms with Crippen molar-refractivity contribution in [2.45, 2.75) is 0 Å². The van der Waals surface area contributed by atoms with Gasteiger partial charge in [0.2, 0.25) is 0 Å². The van der Waals surface area contributed by atoms with Gasteiger partial charge in [0.25, 0.3) is 0 Å². The second-order valence-corrected chi connectivity index (χ2v) is 2.98. The first-order chi connectivity index (χ1) is 7.31. The van der Waals surface area contributed by atoms with Crippen LogP contribution in [0.25, 0.3) is 0 Å². The molecule has 0 atom stereocenters. The maximum absolute atomic E-state index is 12.7. The number of hydrogen-bond acceptors (Lipinski definition) is 4. The molecule has 0 bridgehead atoms. The van der Waals surface area contributed by atoms with Gasteiger partial charge >= 0.3 is 0 Å². The average Bonchev–Trinajstić information content (AvgIpc) is 2.30. The Morgan fingerprint density at radius 2 is 2.07 bits per heavy atom. The lowest BCUT2D eigenvalue weighted by Crippen LogP contribution is -2.20. The molecule has 2 rings (SSSR count). The van der Waals surface area contributed by atoms with Crippen LogP contribution >= 0.6 is 0 Å². The van der Waals surface area contributed by atoms with Gasteiger partial charge in [-0.15, -0.1) is 10.7 Å². The monoisotopic (exact) mass is 208 g/mol. The standard InChI is InChI=1S/C10H9FN2O2/c11-9-3-1-7(2-4-9)10-8(5-14)6-15-13-12-10/h1-4,6,13-14H,5H2. The fourth-order valence-electron chi connectivity index (χ4n) is 1.27. The van der Waals surface area contributed by atoms with Crippen molar-refractivity contribution in [3.05, 3.63) is 47.5 Å². The van der Waals surface area contributed by atoms with E-state index in [4.69, 9.17) is 9.94 Å². The minimum Gasteiger partial charge on any atom is -0.391 e. The molecular weight excluding hydrogens is 199 g/mol. The SMILES string of the molecule is OCC1=CONN=C1c1ccc(F)cc1. The van der Waals surface area contributed by atoms with Crippen LogP contribution in [0.4, 0.5) is 4.39 Å². The lowest BCUT2D eigenvalue weighted by molar-refractivity contribution is 0.130. The Hall–Kier alpha value is -1.88. The highest BCUT2D eigenvalue weighted by atomic mass is 19.1. The van der Waals surface area contributed by atoms with Gasteiger partial charge in [0, 0.05) is 11.1 Å². The van der Waals surface area contributed by atoms with Crippen molar-refractivity contribution in [2.24, 2.45) is 5.10 Å². The molecule has 1 aliphatic heterocycles. The molecule has 4 nitrogen and oxygen atoms in total. The van der Waals surface area contributed by atoms with E-state index >= 15 is 0 Å². The van der Waals surface area contributed by atoms with E-state index in [9.17, 15) is 4.39 Å². The molecular formula is C10H9FN2O2. The Kier molecular flexibility index (Phi) is 2.64. The number of halogens is 1. The molecule has 0 radical (unpaired) electrons. The largest absolute Gasteiger partial charge is 0.391 e. The molecule has 15 heavy (non-hydrogen) atoms. The quantitative estimate of drug-likeness (QED) is 0.760. The Bertz CT molecular complexity index is 412. The Balaban J connectivity index is 2.34. The van der Waals surface area contributed by atoms with Gasteiger partial charge in [0.1, 0.15) is 17.8 Å². The molecule has 1 aromatic rings. The number of hydrogen-bond donors (Lipinski definition) is 2. The van der Waals surface area contributed by atoms with Crippen molar-refractivity contribution < 1.29 is 14.3 Å². The molecule has 0 saturated heterocycles. The first kappa shape index (κ1) is 9.67. The van der Waals surface area contributed by atoms with Crippen LogP contribution in [-0.2, 0) is 4.84 Å². The van der Waals surface area contributed by atoms with E-state index in [2.05, 4.69) is 10.7 Å². The summed E-state index contributed by atoms with van der Waals surface area (Å²) < 4.78 is 12.7. The van der Waals surface area contributed by atoms with Gasteiger partial charge in [-0.25, -0.2) is 4.39 Å². The van der Waals surface area contributed by atoms with Crippen LogP contribution in [0.15, 0.2) is 41.2 Å². The maximum atomic E-state index is 12.7. The smallest absolute Gasteiger partial charge is 0.129 e. The second-order valence-electron chi connectivity index (χ2n) is 2.98. The van der Waals surface area contributed by atoms with E-state index < -0.39 is 0 Å². The third kappa shape index (κ3) is 1.97. The number of hydrazone groups is 1. The van der Waals surface area contributed by atoms with Crippen LogP contribution < -0.4 is 5.59 Å². The lowest BCUT2D eigenvalue weighted by Gasteiger charge is -2.13. The molecule has 1 aromatic carbocycles. The summed E-state index contributed by atoms with van der Waals surface area (Å²) in [7, 11) is 0. The topological polar surface area (TPSA) is 53.9 Å². The normalized spacial score (nSPS) is 14.8. The zero-order valence-corrected chi connectivity index (χ0v) is 7.77. The van der Waals surface area contributed by atoms with Crippen molar-refractivity contribution in [2.75, 3.05) is 6.61 Å². The molecule has 1 heterocycles. The van der Waals surface area contributed by atoms with E-state index in [-0.39, 0.29) is 12.4 Å². The summed E-state index contributed by atoms with van der Waals surface area (Å²) in [6.45, 7) is -0.183. The Labute approximate surface area is 85.6 Å². The van der Waals surface area contributed by atoms with Crippen LogP contribution in [0.3, 0.4) is 0 Å². The number of benzene rings is 1. The summed E-state index contributed by atoms with van der Waals surface area (Å²) in [4.78, 5) is 4.71. The van der Waals surface area contributed by atoms with Crippen molar-refractivity contribution in [1.29, 1.82) is 0 Å². The fourth-order valence-corrected chi connectivity index (χ4v) is 1.27. The van der Waals surface area contributed by atoms with E-state index in [1.807, 2.05) is 0 Å². The number of aliphatic hydroxyl groups is 1. The van der Waals surface area contributed by atoms with Gasteiger partial charge in [0.15, 0.2) is 0 Å². The van der Waals surface area contributed by atoms with Gasteiger partial charge < -0.3 is 9.94 Å². The molecule has 0 aromatic heterocycles. The lowest BCUT2D eigenvalue weighted by atomic mass is 10.0. The molecule has 0 saturated carbocycles. The van der Waals surface area contributed by atoms with Gasteiger partial charge in [-0.05, 0) is 24.3 Å². The zero-order valence-electron chi connectivity index (χ0n) is 7.77. The van der Waals surface area contributed by atoms with Gasteiger partial charge in [-0.3, -0.25) is 0 Å². The van der Waals surface area contributed by atoms with E-state index in [0.29, 0.717) is 16.8 Å². The van der Waals surface area contributed by atoms with E-state index in [1.165, 1.54) is 18.4 Å². The third-order valence-corrected chi connectivity index (χ3v) is 2.00. The van der Waals surface area contributed by atoms with E-state index in [1.54, 1.807) is 12.1 Å². The maximum Gasteiger partial charge on any atom is 0.129 e. The van der Waals surface area contributed by atoms with Gasteiger partial charge in [-0.2, -0.15) is 0 Å². The molecule has 0 unspecified atom stereocenters. The summed E-state index contributed by atoms with van der Waals surface area (Å²) in [6.07, 6.45) is 1.37. The number of aliphatic hydroxyl groups excluding tert-OH is 1. The fraction of sp³-hybridized carbons (Fsp3) is 0.100. The minimum absolute atomic E-state index is 0.183. The number of rotatable bonds is 2. The van der Waals surface area contributed by atoms with Crippen LogP contribution in [0.1, 0.15) is 5.56 Å². The average molecular weight is 208 g/mol. The highest BCUT2D eigenvalue weighted by Crippen LogP contribution is 2.12. The van der Waals surface area contributed by atoms with Crippen LogP contribution in [0, 0.1) is 5.82 Å². The summed E-state index contributed by atoms with van der Waals surface area (Å²) in [5, 5.41) is 12.9. The van der Waals surface area contributed by atoms with Crippen LogP contribution in [0.2, 0.25) is 0 Å². The summed E-state index contributed by atoms with van der Waals surface area (Å²) in [5.74, 6) is -0.311. The summed E-state index contributed by atoms with van der Waals surface area (Å²) >= 11 is 0. The molecule has 0 spiro atoms. The highest BCUT2D eigenvalue weighted by Gasteiger charge is 2.13. The number of nitrogens with one attached hydrogen (secondary N) is 1. The predicted molar refractivity (Wildman–Crippen MR) is 52.3 cm³/mol. The second kappa shape index (κ2) is 4.10. The van der Waals surface area contributed by atoms with Crippen molar-refractivity contribution >= 4 is 5.71 Å². The van der Waals surface area contributed by atoms with Crippen LogP contribution in [-0.4, -0.2) is 17.4 Å². The molecule has 2 N–H and O–H groups in total. The first-order valence-electron chi connectivity index (χ1n) is 4.36. The Morgan fingerprint density at radius 3 is 2.73 bits per heavy atom. The molecule has 78 valence electrons. The Morgan fingerprint density at radius 1 is 1.33 bits per heavy atom. The van der Waals surface area contributed by atoms with Gasteiger partial charge in [-0.1, -0.05) is 0 Å². The summed E-state index contributed by atoms with van der Waals surface area (Å²) in [5.41, 5.74) is 4.12. The minimum atomic E-state index is -0.311.